The molecule has 0 aromatic heterocycles. The maximum absolute atomic E-state index is 13.6. The van der Waals surface area contributed by atoms with Gasteiger partial charge in [0.05, 0.1) is 19.1 Å². The van der Waals surface area contributed by atoms with Gasteiger partial charge in [-0.1, -0.05) is 13.0 Å². The smallest absolute Gasteiger partial charge is 0.221 e. The molecule has 0 aliphatic carbocycles. The molecule has 0 saturated carbocycles. The standard InChI is InChI=1S/C14H17FN2O2/c1-3-6-17-14(18)8-11(9-16)10-4-5-13(19-2)12(15)7-10/h4-5,7,11H,3,6,8H2,1-2H3,(H,17,18). The highest BCUT2D eigenvalue weighted by Gasteiger charge is 2.17. The van der Waals surface area contributed by atoms with Crippen molar-refractivity contribution < 1.29 is 13.9 Å². The number of rotatable bonds is 6. The molecule has 0 radical (unpaired) electrons. The quantitative estimate of drug-likeness (QED) is 0.858. The molecule has 1 aromatic carbocycles. The zero-order valence-electron chi connectivity index (χ0n) is 11.1. The van der Waals surface area contributed by atoms with Gasteiger partial charge in [-0.25, -0.2) is 4.39 Å². The fourth-order valence-electron chi connectivity index (χ4n) is 1.66. The van der Waals surface area contributed by atoms with Crippen LogP contribution in [0, 0.1) is 17.1 Å². The monoisotopic (exact) mass is 264 g/mol. The average molecular weight is 264 g/mol. The first-order valence-corrected chi connectivity index (χ1v) is 6.12. The van der Waals surface area contributed by atoms with E-state index >= 15 is 0 Å². The van der Waals surface area contributed by atoms with E-state index in [9.17, 15) is 9.18 Å². The summed E-state index contributed by atoms with van der Waals surface area (Å²) in [5.41, 5.74) is 0.479. The summed E-state index contributed by atoms with van der Waals surface area (Å²) >= 11 is 0. The van der Waals surface area contributed by atoms with Crippen LogP contribution in [0.2, 0.25) is 0 Å². The van der Waals surface area contributed by atoms with E-state index in [1.54, 1.807) is 6.07 Å². The fraction of sp³-hybridized carbons (Fsp3) is 0.429. The van der Waals surface area contributed by atoms with E-state index < -0.39 is 11.7 Å². The van der Waals surface area contributed by atoms with Crippen LogP contribution in [-0.2, 0) is 4.79 Å². The lowest BCUT2D eigenvalue weighted by atomic mass is 9.96. The van der Waals surface area contributed by atoms with Crippen LogP contribution >= 0.6 is 0 Å². The minimum atomic E-state index is -0.655. The number of amides is 1. The number of nitriles is 1. The molecule has 1 amide bonds. The summed E-state index contributed by atoms with van der Waals surface area (Å²) in [7, 11) is 1.37. The molecule has 1 aromatic rings. The minimum absolute atomic E-state index is 0.0300. The molecule has 5 heteroatoms. The third-order valence-electron chi connectivity index (χ3n) is 2.70. The molecule has 0 saturated heterocycles. The van der Waals surface area contributed by atoms with Gasteiger partial charge >= 0.3 is 0 Å². The van der Waals surface area contributed by atoms with E-state index in [1.807, 2.05) is 13.0 Å². The molecule has 0 aliphatic rings. The maximum atomic E-state index is 13.6. The van der Waals surface area contributed by atoms with Crippen molar-refractivity contribution in [1.82, 2.24) is 5.32 Å². The Balaban J connectivity index is 2.78. The summed E-state index contributed by atoms with van der Waals surface area (Å²) in [5.74, 6) is -1.27. The highest BCUT2D eigenvalue weighted by molar-refractivity contribution is 5.77. The number of hydrogen-bond acceptors (Lipinski definition) is 3. The molecule has 1 unspecified atom stereocenters. The van der Waals surface area contributed by atoms with Crippen molar-refractivity contribution in [1.29, 1.82) is 5.26 Å². The molecule has 1 atom stereocenters. The summed E-state index contributed by atoms with van der Waals surface area (Å²) in [4.78, 5) is 11.6. The van der Waals surface area contributed by atoms with Crippen molar-refractivity contribution in [3.05, 3.63) is 29.6 Å². The molecule has 19 heavy (non-hydrogen) atoms. The Morgan fingerprint density at radius 3 is 2.84 bits per heavy atom. The van der Waals surface area contributed by atoms with Crippen molar-refractivity contribution >= 4 is 5.91 Å². The lowest BCUT2D eigenvalue weighted by Crippen LogP contribution is -2.25. The van der Waals surface area contributed by atoms with E-state index in [2.05, 4.69) is 5.32 Å². The third kappa shape index (κ3) is 4.25. The largest absolute Gasteiger partial charge is 0.494 e. The van der Waals surface area contributed by atoms with Gasteiger partial charge in [0.15, 0.2) is 11.6 Å². The molecule has 0 spiro atoms. The van der Waals surface area contributed by atoms with Crippen LogP contribution in [-0.4, -0.2) is 19.6 Å². The number of methoxy groups -OCH3 is 1. The van der Waals surface area contributed by atoms with Gasteiger partial charge in [0.25, 0.3) is 0 Å². The lowest BCUT2D eigenvalue weighted by Gasteiger charge is -2.11. The van der Waals surface area contributed by atoms with Gasteiger partial charge in [-0.05, 0) is 24.1 Å². The Kier molecular flexibility index (Phi) is 5.80. The summed E-state index contributed by atoms with van der Waals surface area (Å²) in [6.45, 7) is 2.52. The zero-order chi connectivity index (χ0) is 14.3. The minimum Gasteiger partial charge on any atom is -0.494 e. The van der Waals surface area contributed by atoms with E-state index in [-0.39, 0.29) is 18.1 Å². The third-order valence-corrected chi connectivity index (χ3v) is 2.70. The molecule has 1 rings (SSSR count). The second-order valence-corrected chi connectivity index (χ2v) is 4.13. The van der Waals surface area contributed by atoms with Crippen LogP contribution in [0.4, 0.5) is 4.39 Å². The summed E-state index contributed by atoms with van der Waals surface area (Å²) in [5, 5.41) is 11.8. The van der Waals surface area contributed by atoms with Crippen LogP contribution in [0.15, 0.2) is 18.2 Å². The van der Waals surface area contributed by atoms with Gasteiger partial charge in [-0.15, -0.1) is 0 Å². The first-order valence-electron chi connectivity index (χ1n) is 6.12. The van der Waals surface area contributed by atoms with Gasteiger partial charge in [-0.2, -0.15) is 5.26 Å². The lowest BCUT2D eigenvalue weighted by molar-refractivity contribution is -0.121. The molecule has 1 N–H and O–H groups in total. The maximum Gasteiger partial charge on any atom is 0.221 e. The summed E-state index contributed by atoms with van der Waals surface area (Å²) in [6.07, 6.45) is 0.863. The van der Waals surface area contributed by atoms with Crippen molar-refractivity contribution in [2.75, 3.05) is 13.7 Å². The van der Waals surface area contributed by atoms with Crippen molar-refractivity contribution in [2.45, 2.75) is 25.7 Å². The second-order valence-electron chi connectivity index (χ2n) is 4.13. The number of nitrogens with zero attached hydrogens (tertiary/aromatic N) is 1. The highest BCUT2D eigenvalue weighted by atomic mass is 19.1. The second kappa shape index (κ2) is 7.37. The SMILES string of the molecule is CCCNC(=O)CC(C#N)c1ccc(OC)c(F)c1. The number of nitrogens with one attached hydrogen (secondary N) is 1. The Morgan fingerprint density at radius 1 is 1.58 bits per heavy atom. The van der Waals surface area contributed by atoms with E-state index in [1.165, 1.54) is 19.2 Å². The zero-order valence-corrected chi connectivity index (χ0v) is 11.1. The van der Waals surface area contributed by atoms with Crippen molar-refractivity contribution in [2.24, 2.45) is 0 Å². The van der Waals surface area contributed by atoms with Crippen LogP contribution in [0.1, 0.15) is 31.2 Å². The number of hydrogen-bond donors (Lipinski definition) is 1. The summed E-state index contributed by atoms with van der Waals surface area (Å²) in [6, 6.07) is 6.32. The van der Waals surface area contributed by atoms with Crippen LogP contribution in [0.5, 0.6) is 5.75 Å². The molecule has 0 fully saturated rings. The molecule has 0 aliphatic heterocycles. The predicted octanol–water partition coefficient (Wildman–Crippen LogP) is 2.36. The summed E-state index contributed by atoms with van der Waals surface area (Å²) < 4.78 is 18.4. The number of carbonyl (C=O) groups is 1. The van der Waals surface area contributed by atoms with Crippen LogP contribution < -0.4 is 10.1 Å². The van der Waals surface area contributed by atoms with Crippen LogP contribution in [0.25, 0.3) is 0 Å². The Hall–Kier alpha value is -2.09. The van der Waals surface area contributed by atoms with E-state index in [0.717, 1.165) is 6.42 Å². The number of halogens is 1. The van der Waals surface area contributed by atoms with Crippen LogP contribution in [0.3, 0.4) is 0 Å². The first kappa shape index (κ1) is 15.0. The molecule has 0 bridgehead atoms. The van der Waals surface area contributed by atoms with Gasteiger partial charge in [-0.3, -0.25) is 4.79 Å². The molecule has 102 valence electrons. The number of carbonyl (C=O) groups excluding carboxylic acids is 1. The highest BCUT2D eigenvalue weighted by Crippen LogP contribution is 2.24. The average Bonchev–Trinajstić information content (AvgIpc) is 2.42. The number of benzene rings is 1. The Bertz CT molecular complexity index is 483. The van der Waals surface area contributed by atoms with Gasteiger partial charge in [0.2, 0.25) is 5.91 Å². The van der Waals surface area contributed by atoms with E-state index in [4.69, 9.17) is 10.00 Å². The van der Waals surface area contributed by atoms with Crippen molar-refractivity contribution in [3.8, 4) is 11.8 Å². The molecule has 4 nitrogen and oxygen atoms in total. The Labute approximate surface area is 112 Å². The van der Waals surface area contributed by atoms with E-state index in [0.29, 0.717) is 12.1 Å². The Morgan fingerprint density at radius 2 is 2.32 bits per heavy atom. The molecular formula is C14H17FN2O2. The molecular weight excluding hydrogens is 247 g/mol. The fourth-order valence-corrected chi connectivity index (χ4v) is 1.66. The molecule has 0 heterocycles. The van der Waals surface area contributed by atoms with Crippen molar-refractivity contribution in [3.63, 3.8) is 0 Å². The predicted molar refractivity (Wildman–Crippen MR) is 69.2 cm³/mol. The normalized spacial score (nSPS) is 11.5. The first-order chi connectivity index (χ1) is 9.12. The van der Waals surface area contributed by atoms with Gasteiger partial charge in [0, 0.05) is 13.0 Å². The topological polar surface area (TPSA) is 62.1 Å². The van der Waals surface area contributed by atoms with Gasteiger partial charge < -0.3 is 10.1 Å². The van der Waals surface area contributed by atoms with Gasteiger partial charge in [0.1, 0.15) is 0 Å². The number of ether oxygens (including phenoxy) is 1.